The maximum atomic E-state index is 10.4. The van der Waals surface area contributed by atoms with E-state index < -0.39 is 0 Å². The zero-order valence-electron chi connectivity index (χ0n) is 13.2. The molecule has 2 aliphatic rings. The highest BCUT2D eigenvalue weighted by molar-refractivity contribution is 4.92. The van der Waals surface area contributed by atoms with E-state index in [1.807, 2.05) is 0 Å². The molecule has 1 heterocycles. The number of hydrogen-bond acceptors (Lipinski definition) is 2. The Bertz CT molecular complexity index is 268. The van der Waals surface area contributed by atoms with E-state index in [2.05, 4.69) is 25.7 Å². The van der Waals surface area contributed by atoms with Gasteiger partial charge in [-0.05, 0) is 56.5 Å². The predicted octanol–water partition coefficient (Wildman–Crippen LogP) is 3.83. The van der Waals surface area contributed by atoms with E-state index in [9.17, 15) is 5.11 Å². The second-order valence-corrected chi connectivity index (χ2v) is 7.44. The van der Waals surface area contributed by atoms with E-state index >= 15 is 0 Å². The summed E-state index contributed by atoms with van der Waals surface area (Å²) in [4.78, 5) is 2.61. The van der Waals surface area contributed by atoms with Crippen LogP contribution in [0, 0.1) is 11.3 Å². The van der Waals surface area contributed by atoms with Crippen LogP contribution in [0.25, 0.3) is 0 Å². The van der Waals surface area contributed by atoms with Gasteiger partial charge < -0.3 is 5.11 Å². The third-order valence-corrected chi connectivity index (χ3v) is 5.91. The lowest BCUT2D eigenvalue weighted by Gasteiger charge is -2.45. The number of rotatable bonds is 3. The zero-order valence-corrected chi connectivity index (χ0v) is 13.2. The third-order valence-electron chi connectivity index (χ3n) is 5.91. The summed E-state index contributed by atoms with van der Waals surface area (Å²) in [5, 5.41) is 10.4. The van der Waals surface area contributed by atoms with Gasteiger partial charge in [0.1, 0.15) is 0 Å². The Kier molecular flexibility index (Phi) is 5.30. The first-order valence-corrected chi connectivity index (χ1v) is 8.46. The van der Waals surface area contributed by atoms with Gasteiger partial charge in [-0.3, -0.25) is 4.90 Å². The Hall–Kier alpha value is -0.0800. The van der Waals surface area contributed by atoms with E-state index in [1.54, 1.807) is 0 Å². The minimum Gasteiger partial charge on any atom is -0.391 e. The Morgan fingerprint density at radius 2 is 1.68 bits per heavy atom. The molecule has 2 rings (SSSR count). The highest BCUT2D eigenvalue weighted by atomic mass is 16.3. The predicted molar refractivity (Wildman–Crippen MR) is 81.2 cm³/mol. The highest BCUT2D eigenvalue weighted by Gasteiger charge is 2.38. The van der Waals surface area contributed by atoms with Crippen LogP contribution < -0.4 is 0 Å². The topological polar surface area (TPSA) is 23.5 Å². The monoisotopic (exact) mass is 267 g/mol. The molecule has 0 aromatic rings. The van der Waals surface area contributed by atoms with Crippen molar-refractivity contribution in [1.82, 2.24) is 4.90 Å². The van der Waals surface area contributed by atoms with Gasteiger partial charge in [0.15, 0.2) is 0 Å². The molecule has 0 spiro atoms. The van der Waals surface area contributed by atoms with Crippen LogP contribution in [0.4, 0.5) is 0 Å². The van der Waals surface area contributed by atoms with E-state index in [0.717, 1.165) is 12.3 Å². The molecule has 2 fully saturated rings. The van der Waals surface area contributed by atoms with Gasteiger partial charge in [0.05, 0.1) is 6.10 Å². The van der Waals surface area contributed by atoms with Crippen molar-refractivity contribution in [2.75, 3.05) is 13.1 Å². The lowest BCUT2D eigenvalue weighted by atomic mass is 9.67. The fourth-order valence-corrected chi connectivity index (χ4v) is 3.95. The quantitative estimate of drug-likeness (QED) is 0.840. The number of likely N-dealkylation sites (tertiary alicyclic amines) is 1. The molecule has 3 atom stereocenters. The molecule has 1 aliphatic carbocycles. The summed E-state index contributed by atoms with van der Waals surface area (Å²) in [5.41, 5.74) is 0.435. The SMILES string of the molecule is CCC(C)(C)C1CCC(O)C(N2CCCCCC2)C1. The van der Waals surface area contributed by atoms with E-state index in [0.29, 0.717) is 11.5 Å². The summed E-state index contributed by atoms with van der Waals surface area (Å²) in [6.07, 6.45) is 10.0. The fraction of sp³-hybridized carbons (Fsp3) is 1.00. The maximum absolute atomic E-state index is 10.4. The van der Waals surface area contributed by atoms with Crippen LogP contribution in [-0.2, 0) is 0 Å². The summed E-state index contributed by atoms with van der Waals surface area (Å²) >= 11 is 0. The smallest absolute Gasteiger partial charge is 0.0695 e. The van der Waals surface area contributed by atoms with Crippen molar-refractivity contribution in [3.63, 3.8) is 0 Å². The van der Waals surface area contributed by atoms with Crippen LogP contribution in [0.15, 0.2) is 0 Å². The molecule has 1 saturated heterocycles. The van der Waals surface area contributed by atoms with Gasteiger partial charge in [-0.15, -0.1) is 0 Å². The van der Waals surface area contributed by atoms with Gasteiger partial charge in [0, 0.05) is 6.04 Å². The summed E-state index contributed by atoms with van der Waals surface area (Å²) in [7, 11) is 0. The number of hydrogen-bond donors (Lipinski definition) is 1. The van der Waals surface area contributed by atoms with Crippen LogP contribution >= 0.6 is 0 Å². The minimum absolute atomic E-state index is 0.0815. The van der Waals surface area contributed by atoms with E-state index in [4.69, 9.17) is 0 Å². The molecule has 0 radical (unpaired) electrons. The summed E-state index contributed by atoms with van der Waals surface area (Å²) in [5.74, 6) is 0.786. The number of nitrogens with zero attached hydrogens (tertiary/aromatic N) is 1. The van der Waals surface area contributed by atoms with Crippen molar-refractivity contribution in [3.8, 4) is 0 Å². The molecule has 1 saturated carbocycles. The first-order valence-electron chi connectivity index (χ1n) is 8.46. The second kappa shape index (κ2) is 6.58. The van der Waals surface area contributed by atoms with E-state index in [1.165, 1.54) is 58.0 Å². The van der Waals surface area contributed by atoms with Gasteiger partial charge in [0.2, 0.25) is 0 Å². The van der Waals surface area contributed by atoms with Gasteiger partial charge >= 0.3 is 0 Å². The Balaban J connectivity index is 2.01. The van der Waals surface area contributed by atoms with Crippen molar-refractivity contribution in [1.29, 1.82) is 0 Å². The van der Waals surface area contributed by atoms with Gasteiger partial charge in [-0.2, -0.15) is 0 Å². The first-order chi connectivity index (χ1) is 9.04. The molecule has 0 aromatic carbocycles. The molecule has 3 unspecified atom stereocenters. The normalized spacial score (nSPS) is 35.1. The second-order valence-electron chi connectivity index (χ2n) is 7.44. The van der Waals surface area contributed by atoms with E-state index in [-0.39, 0.29) is 6.10 Å². The van der Waals surface area contributed by atoms with Gasteiger partial charge in [0.25, 0.3) is 0 Å². The average molecular weight is 267 g/mol. The summed E-state index contributed by atoms with van der Waals surface area (Å²) < 4.78 is 0. The molecular weight excluding hydrogens is 234 g/mol. The molecule has 19 heavy (non-hydrogen) atoms. The number of aliphatic hydroxyl groups excluding tert-OH is 1. The molecule has 1 aliphatic heterocycles. The first kappa shape index (κ1) is 15.3. The van der Waals surface area contributed by atoms with Crippen LogP contribution in [0.2, 0.25) is 0 Å². The molecule has 0 amide bonds. The van der Waals surface area contributed by atoms with Crippen molar-refractivity contribution < 1.29 is 5.11 Å². The van der Waals surface area contributed by atoms with Crippen LogP contribution in [0.3, 0.4) is 0 Å². The third kappa shape index (κ3) is 3.72. The maximum Gasteiger partial charge on any atom is 0.0695 e. The molecular formula is C17H33NO. The highest BCUT2D eigenvalue weighted by Crippen LogP contribution is 2.42. The fourth-order valence-electron chi connectivity index (χ4n) is 3.95. The molecule has 1 N–H and O–H groups in total. The summed E-state index contributed by atoms with van der Waals surface area (Å²) in [6.45, 7) is 9.55. The van der Waals surface area contributed by atoms with Crippen molar-refractivity contribution in [2.24, 2.45) is 11.3 Å². The molecule has 2 heteroatoms. The molecule has 0 aromatic heterocycles. The van der Waals surface area contributed by atoms with Crippen molar-refractivity contribution >= 4 is 0 Å². The lowest BCUT2D eigenvalue weighted by molar-refractivity contribution is -0.0197. The Morgan fingerprint density at radius 1 is 1.05 bits per heavy atom. The number of aliphatic hydroxyl groups is 1. The standard InChI is InChI=1S/C17H33NO/c1-4-17(2,3)14-9-10-16(19)15(13-14)18-11-7-5-6-8-12-18/h14-16,19H,4-13H2,1-3H3. The lowest BCUT2D eigenvalue weighted by Crippen LogP contribution is -2.49. The van der Waals surface area contributed by atoms with Crippen LogP contribution in [0.5, 0.6) is 0 Å². The van der Waals surface area contributed by atoms with Gasteiger partial charge in [-0.25, -0.2) is 0 Å². The molecule has 2 nitrogen and oxygen atoms in total. The van der Waals surface area contributed by atoms with Crippen LogP contribution in [0.1, 0.15) is 72.1 Å². The minimum atomic E-state index is -0.0815. The Morgan fingerprint density at radius 3 is 2.26 bits per heavy atom. The van der Waals surface area contributed by atoms with Crippen molar-refractivity contribution in [3.05, 3.63) is 0 Å². The van der Waals surface area contributed by atoms with Crippen molar-refractivity contribution in [2.45, 2.75) is 84.3 Å². The zero-order chi connectivity index (χ0) is 13.9. The van der Waals surface area contributed by atoms with Crippen LogP contribution in [-0.4, -0.2) is 35.2 Å². The molecule has 0 bridgehead atoms. The Labute approximate surface area is 119 Å². The molecule has 112 valence electrons. The average Bonchev–Trinajstić information content (AvgIpc) is 2.68. The van der Waals surface area contributed by atoms with Gasteiger partial charge in [-0.1, -0.05) is 40.0 Å². The summed E-state index contributed by atoms with van der Waals surface area (Å²) in [6, 6.07) is 0.433. The largest absolute Gasteiger partial charge is 0.391 e.